The van der Waals surface area contributed by atoms with E-state index in [9.17, 15) is 0 Å². The lowest BCUT2D eigenvalue weighted by molar-refractivity contribution is 0.402. The van der Waals surface area contributed by atoms with E-state index in [2.05, 4.69) is 46.0 Å². The third kappa shape index (κ3) is 2.64. The SMILES string of the molecule is CN(C)CCCN1c2cnccc2Sc2cccnc21. The molecule has 0 N–H and O–H groups in total. The highest BCUT2D eigenvalue weighted by Crippen LogP contribution is 2.46. The summed E-state index contributed by atoms with van der Waals surface area (Å²) in [6, 6.07) is 6.21. The quantitative estimate of drug-likeness (QED) is 0.862. The Morgan fingerprint density at radius 1 is 1.20 bits per heavy atom. The molecule has 3 rings (SSSR count). The van der Waals surface area contributed by atoms with Crippen LogP contribution in [-0.2, 0) is 0 Å². The van der Waals surface area contributed by atoms with Gasteiger partial charge in [0.25, 0.3) is 0 Å². The zero-order valence-electron chi connectivity index (χ0n) is 11.8. The average Bonchev–Trinajstić information content (AvgIpc) is 2.46. The van der Waals surface area contributed by atoms with Crippen molar-refractivity contribution in [1.29, 1.82) is 0 Å². The number of nitrogens with zero attached hydrogens (tertiary/aromatic N) is 4. The van der Waals surface area contributed by atoms with Crippen LogP contribution in [0.1, 0.15) is 6.42 Å². The smallest absolute Gasteiger partial charge is 0.147 e. The first-order valence-electron chi connectivity index (χ1n) is 6.75. The van der Waals surface area contributed by atoms with Gasteiger partial charge in [0, 0.05) is 23.8 Å². The lowest BCUT2D eigenvalue weighted by atomic mass is 10.3. The van der Waals surface area contributed by atoms with Crippen LogP contribution in [0.15, 0.2) is 46.6 Å². The van der Waals surface area contributed by atoms with Crippen molar-refractivity contribution < 1.29 is 0 Å². The number of anilines is 2. The third-order valence-corrected chi connectivity index (χ3v) is 4.37. The molecule has 0 aliphatic carbocycles. The molecule has 1 aliphatic heterocycles. The molecule has 20 heavy (non-hydrogen) atoms. The van der Waals surface area contributed by atoms with Gasteiger partial charge in [0.05, 0.1) is 16.8 Å². The van der Waals surface area contributed by atoms with Gasteiger partial charge in [-0.05, 0) is 45.3 Å². The summed E-state index contributed by atoms with van der Waals surface area (Å²) in [5.41, 5.74) is 1.17. The summed E-state index contributed by atoms with van der Waals surface area (Å²) in [5.74, 6) is 1.05. The molecule has 1 aliphatic rings. The largest absolute Gasteiger partial charge is 0.323 e. The Morgan fingerprint density at radius 2 is 2.10 bits per heavy atom. The van der Waals surface area contributed by atoms with Gasteiger partial charge < -0.3 is 9.80 Å². The Bertz CT molecular complexity index is 554. The molecule has 0 radical (unpaired) electrons. The van der Waals surface area contributed by atoms with Crippen molar-refractivity contribution in [3.63, 3.8) is 0 Å². The maximum atomic E-state index is 4.56. The normalized spacial score (nSPS) is 13.2. The molecule has 0 spiro atoms. The third-order valence-electron chi connectivity index (χ3n) is 3.27. The Labute approximate surface area is 123 Å². The zero-order chi connectivity index (χ0) is 13.9. The monoisotopic (exact) mass is 286 g/mol. The van der Waals surface area contributed by atoms with Gasteiger partial charge in [-0.1, -0.05) is 11.8 Å². The summed E-state index contributed by atoms with van der Waals surface area (Å²) in [5, 5.41) is 0. The molecular weight excluding hydrogens is 268 g/mol. The Balaban J connectivity index is 1.91. The van der Waals surface area contributed by atoms with E-state index >= 15 is 0 Å². The highest BCUT2D eigenvalue weighted by molar-refractivity contribution is 7.99. The first-order chi connectivity index (χ1) is 9.75. The van der Waals surface area contributed by atoms with E-state index in [1.54, 1.807) is 11.8 Å². The van der Waals surface area contributed by atoms with Gasteiger partial charge in [-0.15, -0.1) is 0 Å². The molecule has 0 aromatic carbocycles. The predicted molar refractivity (Wildman–Crippen MR) is 82.8 cm³/mol. The van der Waals surface area contributed by atoms with Crippen LogP contribution in [-0.4, -0.2) is 42.1 Å². The number of rotatable bonds is 4. The molecule has 3 heterocycles. The van der Waals surface area contributed by atoms with E-state index in [-0.39, 0.29) is 0 Å². The van der Waals surface area contributed by atoms with Crippen molar-refractivity contribution >= 4 is 23.3 Å². The van der Waals surface area contributed by atoms with E-state index in [1.807, 2.05) is 24.7 Å². The van der Waals surface area contributed by atoms with Gasteiger partial charge in [0.15, 0.2) is 0 Å². The van der Waals surface area contributed by atoms with Crippen LogP contribution in [0.4, 0.5) is 11.5 Å². The van der Waals surface area contributed by atoms with Gasteiger partial charge in [-0.3, -0.25) is 4.98 Å². The Morgan fingerprint density at radius 3 is 2.95 bits per heavy atom. The standard InChI is InChI=1S/C15H18N4S/c1-18(2)9-4-10-19-12-11-16-8-6-13(12)20-14-5-3-7-17-15(14)19/h3,5-8,11H,4,9-10H2,1-2H3. The minimum absolute atomic E-state index is 0.960. The Hall–Kier alpha value is -1.59. The molecule has 5 heteroatoms. The second-order valence-corrected chi connectivity index (χ2v) is 6.16. The summed E-state index contributed by atoms with van der Waals surface area (Å²) < 4.78 is 0. The van der Waals surface area contributed by atoms with Crippen LogP contribution >= 0.6 is 11.8 Å². The fourth-order valence-electron chi connectivity index (χ4n) is 2.33. The lowest BCUT2D eigenvalue weighted by Gasteiger charge is -2.31. The number of pyridine rings is 2. The van der Waals surface area contributed by atoms with Crippen molar-refractivity contribution in [2.75, 3.05) is 32.1 Å². The molecule has 2 aromatic heterocycles. The van der Waals surface area contributed by atoms with Crippen molar-refractivity contribution in [2.45, 2.75) is 16.2 Å². The summed E-state index contributed by atoms with van der Waals surface area (Å²) in [7, 11) is 4.21. The van der Waals surface area contributed by atoms with Gasteiger partial charge in [-0.25, -0.2) is 4.98 Å². The minimum Gasteiger partial charge on any atom is -0.323 e. The number of fused-ring (bicyclic) bond motifs is 2. The molecule has 0 atom stereocenters. The molecule has 4 nitrogen and oxygen atoms in total. The second-order valence-electron chi connectivity index (χ2n) is 5.08. The van der Waals surface area contributed by atoms with Gasteiger partial charge in [-0.2, -0.15) is 0 Å². The fraction of sp³-hybridized carbons (Fsp3) is 0.333. The molecular formula is C15H18N4S. The second kappa shape index (κ2) is 5.81. The van der Waals surface area contributed by atoms with Crippen LogP contribution in [0.2, 0.25) is 0 Å². The molecule has 0 saturated heterocycles. The number of aromatic nitrogens is 2. The van der Waals surface area contributed by atoms with Crippen molar-refractivity contribution in [2.24, 2.45) is 0 Å². The van der Waals surface area contributed by atoms with Crippen LogP contribution < -0.4 is 4.90 Å². The maximum absolute atomic E-state index is 4.56. The lowest BCUT2D eigenvalue weighted by Crippen LogP contribution is -2.26. The maximum Gasteiger partial charge on any atom is 0.147 e. The zero-order valence-corrected chi connectivity index (χ0v) is 12.6. The topological polar surface area (TPSA) is 32.3 Å². The highest BCUT2D eigenvalue weighted by Gasteiger charge is 2.23. The van der Waals surface area contributed by atoms with Crippen molar-refractivity contribution in [3.05, 3.63) is 36.8 Å². The van der Waals surface area contributed by atoms with Gasteiger partial charge in [0.2, 0.25) is 0 Å². The molecule has 0 amide bonds. The molecule has 2 aromatic rings. The van der Waals surface area contributed by atoms with E-state index in [1.165, 1.54) is 15.5 Å². The summed E-state index contributed by atoms with van der Waals surface area (Å²) in [6.07, 6.45) is 6.75. The van der Waals surface area contributed by atoms with Crippen LogP contribution in [0.25, 0.3) is 0 Å². The van der Waals surface area contributed by atoms with Crippen molar-refractivity contribution in [1.82, 2.24) is 14.9 Å². The number of hydrogen-bond donors (Lipinski definition) is 0. The van der Waals surface area contributed by atoms with Crippen LogP contribution in [0.5, 0.6) is 0 Å². The molecule has 104 valence electrons. The first-order valence-corrected chi connectivity index (χ1v) is 7.56. The highest BCUT2D eigenvalue weighted by atomic mass is 32.2. The van der Waals surface area contributed by atoms with Crippen LogP contribution in [0.3, 0.4) is 0 Å². The predicted octanol–water partition coefficient (Wildman–Crippen LogP) is 3.03. The minimum atomic E-state index is 0.960. The van der Waals surface area contributed by atoms with E-state index < -0.39 is 0 Å². The van der Waals surface area contributed by atoms with Gasteiger partial charge in [0.1, 0.15) is 5.82 Å². The molecule has 0 bridgehead atoms. The summed E-state index contributed by atoms with van der Waals surface area (Å²) in [4.78, 5) is 15.8. The average molecular weight is 286 g/mol. The Kier molecular flexibility index (Phi) is 3.89. The molecule has 0 unspecified atom stereocenters. The van der Waals surface area contributed by atoms with E-state index in [0.29, 0.717) is 0 Å². The number of hydrogen-bond acceptors (Lipinski definition) is 5. The summed E-state index contributed by atoms with van der Waals surface area (Å²) in [6.45, 7) is 2.03. The fourth-order valence-corrected chi connectivity index (χ4v) is 3.37. The molecule has 0 saturated carbocycles. The van der Waals surface area contributed by atoms with Crippen molar-refractivity contribution in [3.8, 4) is 0 Å². The van der Waals surface area contributed by atoms with E-state index in [0.717, 1.165) is 25.3 Å². The van der Waals surface area contributed by atoms with Crippen LogP contribution in [0, 0.1) is 0 Å². The first kappa shape index (κ1) is 13.4. The molecule has 0 fully saturated rings. The van der Waals surface area contributed by atoms with Gasteiger partial charge >= 0.3 is 0 Å². The van der Waals surface area contributed by atoms with E-state index in [4.69, 9.17) is 0 Å². The summed E-state index contributed by atoms with van der Waals surface area (Å²) >= 11 is 1.77.